The van der Waals surface area contributed by atoms with E-state index in [1.807, 2.05) is 91.0 Å². The molecule has 184 valence electrons. The van der Waals surface area contributed by atoms with Crippen molar-refractivity contribution < 1.29 is 24.2 Å². The first-order valence-electron chi connectivity index (χ1n) is 11.5. The van der Waals surface area contributed by atoms with Crippen LogP contribution in [0.15, 0.2) is 104 Å². The number of aliphatic hydroxyl groups excluding tert-OH is 1. The molecule has 0 fully saturated rings. The van der Waals surface area contributed by atoms with Crippen LogP contribution in [0.25, 0.3) is 0 Å². The molecule has 3 aromatic carbocycles. The second-order valence-electron chi connectivity index (χ2n) is 8.10. The fourth-order valence-corrected chi connectivity index (χ4v) is 3.66. The second-order valence-corrected chi connectivity index (χ2v) is 8.10. The Morgan fingerprint density at radius 3 is 1.54 bits per heavy atom. The molecule has 7 heteroatoms. The van der Waals surface area contributed by atoms with Crippen molar-refractivity contribution in [2.24, 2.45) is 0 Å². The van der Waals surface area contributed by atoms with Crippen LogP contribution in [0.5, 0.6) is 0 Å². The largest absolute Gasteiger partial charge is 0.383 e. The van der Waals surface area contributed by atoms with E-state index in [0.29, 0.717) is 0 Å². The molecule has 4 atom stereocenters. The first-order chi connectivity index (χ1) is 17.1. The number of hydrogen-bond donors (Lipinski definition) is 1. The molecule has 0 aliphatic rings. The molecule has 0 spiro atoms. The van der Waals surface area contributed by atoms with Gasteiger partial charge in [-0.2, -0.15) is 0 Å². The standard InChI is InChI=1S/C28H31NO6/c1-2-26(33-19-22-12-6-3-7-13-22)28(35-21-24-16-10-5-11-17-24)27(25(30)18-29(31)32)34-20-23-14-8-4-9-15-23/h2-17,25-28,30H,1,18-21H2/t25-,26-,27-,28+/m1/s1. The molecular weight excluding hydrogens is 446 g/mol. The summed E-state index contributed by atoms with van der Waals surface area (Å²) in [7, 11) is 0. The lowest BCUT2D eigenvalue weighted by Crippen LogP contribution is -2.50. The molecule has 0 aliphatic carbocycles. The van der Waals surface area contributed by atoms with Gasteiger partial charge in [0.1, 0.15) is 24.4 Å². The van der Waals surface area contributed by atoms with E-state index in [-0.39, 0.29) is 19.8 Å². The number of nitrogens with zero attached hydrogens (tertiary/aromatic N) is 1. The summed E-state index contributed by atoms with van der Waals surface area (Å²) >= 11 is 0. The van der Waals surface area contributed by atoms with Crippen molar-refractivity contribution in [1.82, 2.24) is 0 Å². The van der Waals surface area contributed by atoms with Gasteiger partial charge in [0.2, 0.25) is 6.54 Å². The molecule has 35 heavy (non-hydrogen) atoms. The first-order valence-corrected chi connectivity index (χ1v) is 11.5. The quantitative estimate of drug-likeness (QED) is 0.196. The molecular formula is C28H31NO6. The Balaban J connectivity index is 1.84. The van der Waals surface area contributed by atoms with Crippen molar-refractivity contribution >= 4 is 0 Å². The van der Waals surface area contributed by atoms with E-state index in [9.17, 15) is 15.2 Å². The molecule has 0 bridgehead atoms. The first kappa shape index (κ1) is 26.2. The molecule has 0 aromatic heterocycles. The van der Waals surface area contributed by atoms with Gasteiger partial charge in [0.05, 0.1) is 19.8 Å². The smallest absolute Gasteiger partial charge is 0.232 e. The molecule has 0 heterocycles. The SMILES string of the molecule is C=C[C@@H](OCc1ccccc1)[C@H](OCc1ccccc1)[C@H](OCc1ccccc1)[C@H](O)C[N+](=O)[O-]. The summed E-state index contributed by atoms with van der Waals surface area (Å²) in [5.41, 5.74) is 2.73. The predicted molar refractivity (Wildman–Crippen MR) is 133 cm³/mol. The number of nitro groups is 1. The maximum absolute atomic E-state index is 11.2. The van der Waals surface area contributed by atoms with Gasteiger partial charge in [-0.3, -0.25) is 10.1 Å². The van der Waals surface area contributed by atoms with E-state index in [1.54, 1.807) is 6.08 Å². The lowest BCUT2D eigenvalue weighted by atomic mass is 10.0. The summed E-state index contributed by atoms with van der Waals surface area (Å²) in [4.78, 5) is 10.7. The Bertz CT molecular complexity index is 1020. The van der Waals surface area contributed by atoms with Gasteiger partial charge in [-0.1, -0.05) is 97.1 Å². The van der Waals surface area contributed by atoms with Gasteiger partial charge >= 0.3 is 0 Å². The van der Waals surface area contributed by atoms with Crippen LogP contribution >= 0.6 is 0 Å². The summed E-state index contributed by atoms with van der Waals surface area (Å²) < 4.78 is 18.4. The van der Waals surface area contributed by atoms with E-state index in [2.05, 4.69) is 6.58 Å². The van der Waals surface area contributed by atoms with Crippen LogP contribution in [-0.4, -0.2) is 41.0 Å². The molecule has 0 amide bonds. The van der Waals surface area contributed by atoms with Gasteiger partial charge in [-0.15, -0.1) is 6.58 Å². The summed E-state index contributed by atoms with van der Waals surface area (Å²) in [6.45, 7) is 3.84. The highest BCUT2D eigenvalue weighted by Crippen LogP contribution is 2.22. The zero-order valence-electron chi connectivity index (χ0n) is 19.5. The molecule has 0 aliphatic heterocycles. The highest BCUT2D eigenvalue weighted by molar-refractivity contribution is 5.15. The van der Waals surface area contributed by atoms with Crippen LogP contribution in [0.2, 0.25) is 0 Å². The van der Waals surface area contributed by atoms with Gasteiger partial charge < -0.3 is 19.3 Å². The monoisotopic (exact) mass is 477 g/mol. The summed E-state index contributed by atoms with van der Waals surface area (Å²) in [6, 6.07) is 28.6. The number of rotatable bonds is 15. The number of ether oxygens (including phenoxy) is 3. The Morgan fingerprint density at radius 2 is 1.14 bits per heavy atom. The highest BCUT2D eigenvalue weighted by Gasteiger charge is 2.38. The van der Waals surface area contributed by atoms with Crippen LogP contribution in [0, 0.1) is 10.1 Å². The molecule has 0 saturated carbocycles. The molecule has 0 radical (unpaired) electrons. The van der Waals surface area contributed by atoms with E-state index in [4.69, 9.17) is 14.2 Å². The second kappa shape index (κ2) is 14.1. The average molecular weight is 478 g/mol. The summed E-state index contributed by atoms with van der Waals surface area (Å²) in [5, 5.41) is 22.1. The van der Waals surface area contributed by atoms with Crippen LogP contribution in [0.4, 0.5) is 0 Å². The number of hydrogen-bond acceptors (Lipinski definition) is 6. The summed E-state index contributed by atoms with van der Waals surface area (Å²) in [5.74, 6) is 0. The van der Waals surface area contributed by atoms with Crippen molar-refractivity contribution in [2.45, 2.75) is 44.2 Å². The minimum atomic E-state index is -1.42. The Morgan fingerprint density at radius 1 is 0.743 bits per heavy atom. The van der Waals surface area contributed by atoms with Gasteiger partial charge in [0.25, 0.3) is 0 Å². The van der Waals surface area contributed by atoms with Gasteiger partial charge in [-0.05, 0) is 16.7 Å². The van der Waals surface area contributed by atoms with Crippen LogP contribution in [0.3, 0.4) is 0 Å². The van der Waals surface area contributed by atoms with Crippen molar-refractivity contribution in [3.63, 3.8) is 0 Å². The fourth-order valence-electron chi connectivity index (χ4n) is 3.66. The maximum Gasteiger partial charge on any atom is 0.232 e. The Hall–Kier alpha value is -3.36. The third kappa shape index (κ3) is 8.73. The van der Waals surface area contributed by atoms with E-state index >= 15 is 0 Å². The third-order valence-electron chi connectivity index (χ3n) is 5.45. The Kier molecular flexibility index (Phi) is 10.6. The minimum Gasteiger partial charge on any atom is -0.383 e. The minimum absolute atomic E-state index is 0.147. The lowest BCUT2D eigenvalue weighted by Gasteiger charge is -2.34. The zero-order chi connectivity index (χ0) is 24.9. The molecule has 7 nitrogen and oxygen atoms in total. The Labute approximate surface area is 205 Å². The third-order valence-corrected chi connectivity index (χ3v) is 5.45. The fraction of sp³-hybridized carbons (Fsp3) is 0.286. The molecule has 3 aromatic rings. The highest BCUT2D eigenvalue weighted by atomic mass is 16.6. The number of benzene rings is 3. The lowest BCUT2D eigenvalue weighted by molar-refractivity contribution is -0.494. The maximum atomic E-state index is 11.2. The molecule has 0 unspecified atom stereocenters. The van der Waals surface area contributed by atoms with Crippen LogP contribution < -0.4 is 0 Å². The van der Waals surface area contributed by atoms with Crippen molar-refractivity contribution in [2.75, 3.05) is 6.54 Å². The van der Waals surface area contributed by atoms with Gasteiger partial charge in [0, 0.05) is 4.92 Å². The van der Waals surface area contributed by atoms with Crippen LogP contribution in [-0.2, 0) is 34.0 Å². The summed E-state index contributed by atoms with van der Waals surface area (Å²) in [6.07, 6.45) is -2.42. The molecule has 0 saturated heterocycles. The molecule has 3 rings (SSSR count). The van der Waals surface area contributed by atoms with Crippen LogP contribution in [0.1, 0.15) is 16.7 Å². The van der Waals surface area contributed by atoms with Gasteiger partial charge in [0.15, 0.2) is 0 Å². The van der Waals surface area contributed by atoms with Gasteiger partial charge in [-0.25, -0.2) is 0 Å². The van der Waals surface area contributed by atoms with E-state index in [0.717, 1.165) is 16.7 Å². The van der Waals surface area contributed by atoms with Crippen molar-refractivity contribution in [3.8, 4) is 0 Å². The zero-order valence-corrected chi connectivity index (χ0v) is 19.5. The van der Waals surface area contributed by atoms with E-state index < -0.39 is 35.9 Å². The van der Waals surface area contributed by atoms with Crippen molar-refractivity contribution in [3.05, 3.63) is 130 Å². The average Bonchev–Trinajstić information content (AvgIpc) is 2.88. The van der Waals surface area contributed by atoms with E-state index in [1.165, 1.54) is 0 Å². The topological polar surface area (TPSA) is 91.1 Å². The molecule has 1 N–H and O–H groups in total. The number of aliphatic hydroxyl groups is 1. The predicted octanol–water partition coefficient (Wildman–Crippen LogP) is 4.57. The normalized spacial score (nSPS) is 14.5. The van der Waals surface area contributed by atoms with Crippen molar-refractivity contribution in [1.29, 1.82) is 0 Å².